The molecule has 0 spiro atoms. The summed E-state index contributed by atoms with van der Waals surface area (Å²) in [6, 6.07) is 6.18. The first-order chi connectivity index (χ1) is 10.7. The number of benzene rings is 1. The Balaban J connectivity index is 2.89. The maximum atomic E-state index is 6.41. The van der Waals surface area contributed by atoms with E-state index in [-0.39, 0.29) is 6.04 Å². The van der Waals surface area contributed by atoms with Crippen LogP contribution >= 0.6 is 0 Å². The van der Waals surface area contributed by atoms with E-state index in [9.17, 15) is 0 Å². The first kappa shape index (κ1) is 19.6. The van der Waals surface area contributed by atoms with Gasteiger partial charge in [-0.25, -0.2) is 0 Å². The van der Waals surface area contributed by atoms with Gasteiger partial charge in [-0.3, -0.25) is 4.99 Å². The molecule has 0 amide bonds. The van der Waals surface area contributed by atoms with E-state index in [0.29, 0.717) is 11.3 Å². The predicted octanol–water partition coefficient (Wildman–Crippen LogP) is 5.91. The van der Waals surface area contributed by atoms with Gasteiger partial charge in [-0.1, -0.05) is 65.0 Å². The van der Waals surface area contributed by atoms with Gasteiger partial charge in [-0.15, -0.1) is 0 Å². The van der Waals surface area contributed by atoms with Gasteiger partial charge < -0.3 is 5.73 Å². The van der Waals surface area contributed by atoms with Gasteiger partial charge in [0.1, 0.15) is 0 Å². The lowest BCUT2D eigenvalue weighted by Gasteiger charge is -2.33. The summed E-state index contributed by atoms with van der Waals surface area (Å²) in [6.45, 7) is 17.3. The number of aryl methyl sites for hydroxylation is 1. The van der Waals surface area contributed by atoms with Gasteiger partial charge in [0.15, 0.2) is 0 Å². The zero-order valence-electron chi connectivity index (χ0n) is 15.8. The highest BCUT2D eigenvalue weighted by Crippen LogP contribution is 2.36. The summed E-state index contributed by atoms with van der Waals surface area (Å²) < 4.78 is 0. The minimum atomic E-state index is 0.0110. The van der Waals surface area contributed by atoms with E-state index in [1.165, 1.54) is 6.42 Å². The molecule has 2 nitrogen and oxygen atoms in total. The third kappa shape index (κ3) is 5.04. The van der Waals surface area contributed by atoms with Crippen LogP contribution in [0.4, 0.5) is 5.69 Å². The topological polar surface area (TPSA) is 38.4 Å². The monoisotopic (exact) mass is 314 g/mol. The van der Waals surface area contributed by atoms with Crippen LogP contribution < -0.4 is 5.73 Å². The van der Waals surface area contributed by atoms with Gasteiger partial charge in [0.25, 0.3) is 0 Å². The Labute approximate surface area is 142 Å². The number of rotatable bonds is 8. The Hall–Kier alpha value is -1.41. The average molecular weight is 315 g/mol. The van der Waals surface area contributed by atoms with E-state index in [4.69, 9.17) is 10.7 Å². The molecule has 0 aromatic heterocycles. The molecule has 1 aromatic rings. The summed E-state index contributed by atoms with van der Waals surface area (Å²) in [5, 5.41) is 0. The van der Waals surface area contributed by atoms with Gasteiger partial charge in [0.05, 0.1) is 5.69 Å². The molecular weight excluding hydrogens is 280 g/mol. The highest BCUT2D eigenvalue weighted by atomic mass is 14.8. The second-order valence-electron chi connectivity index (χ2n) is 7.28. The third-order valence-electron chi connectivity index (χ3n) is 5.54. The fraction of sp³-hybridized carbons (Fsp3) is 0.571. The molecule has 0 saturated carbocycles. The van der Waals surface area contributed by atoms with Crippen LogP contribution in [0.1, 0.15) is 65.0 Å². The van der Waals surface area contributed by atoms with Gasteiger partial charge in [-0.2, -0.15) is 0 Å². The largest absolute Gasteiger partial charge is 0.323 e. The van der Waals surface area contributed by atoms with Crippen LogP contribution in [0.3, 0.4) is 0 Å². The normalized spacial score (nSPS) is 16.3. The minimum absolute atomic E-state index is 0.0110. The summed E-state index contributed by atoms with van der Waals surface area (Å²) in [5.74, 6) is 0.667. The lowest BCUT2D eigenvalue weighted by Crippen LogP contribution is -2.32. The SMILES string of the molecule is C=Cc1cccc(C)c1N=C(C)C(N)CCC(C)(CC)C(C)C. The summed E-state index contributed by atoms with van der Waals surface area (Å²) >= 11 is 0. The molecule has 0 saturated heterocycles. The third-order valence-corrected chi connectivity index (χ3v) is 5.54. The summed E-state index contributed by atoms with van der Waals surface area (Å²) in [7, 11) is 0. The zero-order valence-corrected chi connectivity index (χ0v) is 15.8. The molecule has 1 aromatic carbocycles. The van der Waals surface area contributed by atoms with Crippen molar-refractivity contribution >= 4 is 17.5 Å². The van der Waals surface area contributed by atoms with Crippen LogP contribution in [-0.4, -0.2) is 11.8 Å². The van der Waals surface area contributed by atoms with Crippen molar-refractivity contribution in [2.45, 2.75) is 66.8 Å². The number of nitrogens with two attached hydrogens (primary N) is 1. The molecule has 2 unspecified atom stereocenters. The number of aliphatic imine (C=N–C) groups is 1. The summed E-state index contributed by atoms with van der Waals surface area (Å²) in [6.07, 6.45) is 5.16. The Morgan fingerprint density at radius 3 is 2.57 bits per heavy atom. The zero-order chi connectivity index (χ0) is 17.6. The molecule has 23 heavy (non-hydrogen) atoms. The first-order valence-electron chi connectivity index (χ1n) is 8.78. The Kier molecular flexibility index (Phi) is 7.21. The quantitative estimate of drug-likeness (QED) is 0.595. The van der Waals surface area contributed by atoms with Crippen molar-refractivity contribution in [2.24, 2.45) is 22.1 Å². The van der Waals surface area contributed by atoms with Gasteiger partial charge in [-0.05, 0) is 49.1 Å². The van der Waals surface area contributed by atoms with Crippen molar-refractivity contribution in [2.75, 3.05) is 0 Å². The summed E-state index contributed by atoms with van der Waals surface area (Å²) in [4.78, 5) is 4.82. The van der Waals surface area contributed by atoms with Crippen LogP contribution in [-0.2, 0) is 0 Å². The average Bonchev–Trinajstić information content (AvgIpc) is 2.53. The van der Waals surface area contributed by atoms with E-state index < -0.39 is 0 Å². The fourth-order valence-corrected chi connectivity index (χ4v) is 2.83. The van der Waals surface area contributed by atoms with Crippen molar-refractivity contribution in [3.05, 3.63) is 35.9 Å². The van der Waals surface area contributed by atoms with Gasteiger partial charge in [0.2, 0.25) is 0 Å². The van der Waals surface area contributed by atoms with Crippen molar-refractivity contribution < 1.29 is 0 Å². The molecule has 0 aliphatic rings. The molecule has 1 rings (SSSR count). The highest BCUT2D eigenvalue weighted by molar-refractivity contribution is 5.90. The Bertz CT molecular complexity index is 557. The molecule has 0 heterocycles. The van der Waals surface area contributed by atoms with E-state index in [2.05, 4.69) is 47.3 Å². The number of hydrogen-bond acceptors (Lipinski definition) is 2. The number of nitrogens with zero attached hydrogens (tertiary/aromatic N) is 1. The van der Waals surface area contributed by atoms with E-state index in [1.54, 1.807) is 0 Å². The van der Waals surface area contributed by atoms with Gasteiger partial charge in [0, 0.05) is 11.8 Å². The molecule has 2 N–H and O–H groups in total. The summed E-state index contributed by atoms with van der Waals surface area (Å²) in [5.41, 5.74) is 11.0. The van der Waals surface area contributed by atoms with Gasteiger partial charge >= 0.3 is 0 Å². The van der Waals surface area contributed by atoms with E-state index in [0.717, 1.165) is 35.4 Å². The molecule has 0 aliphatic heterocycles. The molecule has 0 radical (unpaired) electrons. The maximum absolute atomic E-state index is 6.41. The minimum Gasteiger partial charge on any atom is -0.323 e. The van der Waals surface area contributed by atoms with E-state index in [1.807, 2.05) is 25.1 Å². The number of hydrogen-bond donors (Lipinski definition) is 1. The van der Waals surface area contributed by atoms with Crippen molar-refractivity contribution in [3.8, 4) is 0 Å². The fourth-order valence-electron chi connectivity index (χ4n) is 2.83. The van der Waals surface area contributed by atoms with Crippen LogP contribution in [0, 0.1) is 18.3 Å². The van der Waals surface area contributed by atoms with Crippen molar-refractivity contribution in [1.82, 2.24) is 0 Å². The second-order valence-corrected chi connectivity index (χ2v) is 7.28. The lowest BCUT2D eigenvalue weighted by molar-refractivity contribution is 0.184. The molecular formula is C21H34N2. The Morgan fingerprint density at radius 1 is 1.39 bits per heavy atom. The lowest BCUT2D eigenvalue weighted by atomic mass is 9.73. The first-order valence-corrected chi connectivity index (χ1v) is 8.78. The maximum Gasteiger partial charge on any atom is 0.0730 e. The molecule has 128 valence electrons. The second kappa shape index (κ2) is 8.44. The standard InChI is InChI=1S/C21H34N2/c1-8-18-12-10-11-16(5)20(18)23-17(6)19(22)13-14-21(7,9-2)15(3)4/h8,10-12,15,19H,1,9,13-14,22H2,2-7H3. The van der Waals surface area contributed by atoms with Crippen LogP contribution in [0.5, 0.6) is 0 Å². The molecule has 2 heteroatoms. The van der Waals surface area contributed by atoms with Crippen LogP contribution in [0.25, 0.3) is 6.08 Å². The van der Waals surface area contributed by atoms with Crippen LogP contribution in [0.2, 0.25) is 0 Å². The number of para-hydroxylation sites is 1. The predicted molar refractivity (Wildman–Crippen MR) is 104 cm³/mol. The van der Waals surface area contributed by atoms with E-state index >= 15 is 0 Å². The molecule has 2 atom stereocenters. The smallest absolute Gasteiger partial charge is 0.0730 e. The Morgan fingerprint density at radius 2 is 2.04 bits per heavy atom. The van der Waals surface area contributed by atoms with Crippen molar-refractivity contribution in [1.29, 1.82) is 0 Å². The molecule has 0 bridgehead atoms. The molecule has 0 aliphatic carbocycles. The molecule has 0 fully saturated rings. The van der Waals surface area contributed by atoms with Crippen molar-refractivity contribution in [3.63, 3.8) is 0 Å². The van der Waals surface area contributed by atoms with Crippen LogP contribution in [0.15, 0.2) is 29.8 Å². The highest BCUT2D eigenvalue weighted by Gasteiger charge is 2.26.